The van der Waals surface area contributed by atoms with Gasteiger partial charge in [-0.15, -0.1) is 0 Å². The Morgan fingerprint density at radius 2 is 1.56 bits per heavy atom. The number of hydrogen-bond donors (Lipinski definition) is 2. The molecule has 11 nitrogen and oxygen atoms in total. The van der Waals surface area contributed by atoms with Crippen LogP contribution in [0.2, 0.25) is 0 Å². The predicted molar refractivity (Wildman–Crippen MR) is 203 cm³/mol. The number of carbonyl (C=O) groups is 2. The van der Waals surface area contributed by atoms with Crippen molar-refractivity contribution in [2.75, 3.05) is 20.3 Å². The van der Waals surface area contributed by atoms with Crippen LogP contribution in [-0.4, -0.2) is 97.3 Å². The zero-order chi connectivity index (χ0) is 40.0. The number of rotatable bonds is 6. The maximum absolute atomic E-state index is 13.0. The van der Waals surface area contributed by atoms with Crippen LogP contribution >= 0.6 is 0 Å². The third-order valence-corrected chi connectivity index (χ3v) is 16.1. The minimum absolute atomic E-state index is 0.0309. The summed E-state index contributed by atoms with van der Waals surface area (Å²) in [4.78, 5) is 25.6. The van der Waals surface area contributed by atoms with Gasteiger partial charge < -0.3 is 43.4 Å². The maximum atomic E-state index is 13.0. The minimum atomic E-state index is -1.42. The van der Waals surface area contributed by atoms with E-state index >= 15 is 0 Å². The molecule has 3 heterocycles. The van der Waals surface area contributed by atoms with E-state index in [2.05, 4.69) is 27.7 Å². The first kappa shape index (κ1) is 41.8. The van der Waals surface area contributed by atoms with Gasteiger partial charge in [-0.1, -0.05) is 27.7 Å². The fourth-order valence-electron chi connectivity index (χ4n) is 12.8. The van der Waals surface area contributed by atoms with Gasteiger partial charge in [-0.2, -0.15) is 0 Å². The zero-order valence-electron chi connectivity index (χ0n) is 35.5. The lowest BCUT2D eigenvalue weighted by molar-refractivity contribution is -0.319. The molecule has 314 valence electrons. The Hall–Kier alpha value is -1.34. The van der Waals surface area contributed by atoms with Crippen molar-refractivity contribution in [1.82, 2.24) is 0 Å². The van der Waals surface area contributed by atoms with Crippen molar-refractivity contribution in [2.24, 2.45) is 63.1 Å². The Morgan fingerprint density at radius 1 is 0.855 bits per heavy atom. The first-order valence-corrected chi connectivity index (χ1v) is 21.5. The fourth-order valence-corrected chi connectivity index (χ4v) is 12.8. The standard InChI is InChI=1S/C44H72O11/c1-23-14-17-44(51-21-23)24(2)33-30(55-44)19-29-27-13-12-25-18-26(15-16-42(25,9)28(27)20-32(49-11)43(29,33)10)52-37-35(46)36(54-39(48)41(6,7)8)34(45)31(53-37)22-50-38(47)40(3,4)5/h23-37,45-46H,12-22H2,1-11H3/t23-,24+,25+,26+,27-,28+,29+,30+,31-,32+,33+,34-,35-,36+,37-,42+,43-,44-/m1/s1. The first-order valence-electron chi connectivity index (χ1n) is 21.5. The molecule has 0 bridgehead atoms. The van der Waals surface area contributed by atoms with Crippen molar-refractivity contribution in [3.05, 3.63) is 0 Å². The van der Waals surface area contributed by atoms with Gasteiger partial charge in [0.1, 0.15) is 24.9 Å². The summed E-state index contributed by atoms with van der Waals surface area (Å²) in [7, 11) is 1.92. The molecule has 1 spiro atoms. The molecule has 0 radical (unpaired) electrons. The van der Waals surface area contributed by atoms with Crippen LogP contribution in [0.1, 0.15) is 127 Å². The number of carbonyl (C=O) groups excluding carboxylic acids is 2. The lowest BCUT2D eigenvalue weighted by Crippen LogP contribution is -2.62. The zero-order valence-corrected chi connectivity index (χ0v) is 35.5. The number of esters is 2. The Bertz CT molecular complexity index is 1410. The van der Waals surface area contributed by atoms with Crippen LogP contribution in [0.3, 0.4) is 0 Å². The topological polar surface area (TPSA) is 139 Å². The average molecular weight is 777 g/mol. The van der Waals surface area contributed by atoms with Crippen LogP contribution < -0.4 is 0 Å². The van der Waals surface area contributed by atoms with Crippen molar-refractivity contribution in [3.8, 4) is 0 Å². The van der Waals surface area contributed by atoms with E-state index in [-0.39, 0.29) is 35.7 Å². The molecular formula is C44H72O11. The molecule has 0 aromatic rings. The van der Waals surface area contributed by atoms with Gasteiger partial charge in [0.25, 0.3) is 0 Å². The Morgan fingerprint density at radius 3 is 2.20 bits per heavy atom. The van der Waals surface area contributed by atoms with Gasteiger partial charge in [-0.25, -0.2) is 0 Å². The van der Waals surface area contributed by atoms with E-state index in [0.717, 1.165) is 58.0 Å². The van der Waals surface area contributed by atoms with Gasteiger partial charge in [-0.3, -0.25) is 9.59 Å². The summed E-state index contributed by atoms with van der Waals surface area (Å²) in [5.41, 5.74) is -1.47. The van der Waals surface area contributed by atoms with E-state index in [0.29, 0.717) is 41.4 Å². The molecule has 4 aliphatic carbocycles. The van der Waals surface area contributed by atoms with E-state index in [1.54, 1.807) is 41.5 Å². The molecule has 0 aromatic heterocycles. The lowest BCUT2D eigenvalue weighted by Gasteiger charge is -2.63. The second kappa shape index (κ2) is 14.7. The van der Waals surface area contributed by atoms with Gasteiger partial charge in [-0.05, 0) is 128 Å². The van der Waals surface area contributed by atoms with Crippen molar-refractivity contribution in [2.45, 2.75) is 182 Å². The van der Waals surface area contributed by atoms with Crippen LogP contribution in [-0.2, 0) is 42.7 Å². The van der Waals surface area contributed by atoms with E-state index in [9.17, 15) is 19.8 Å². The van der Waals surface area contributed by atoms with Crippen LogP contribution in [0.15, 0.2) is 0 Å². The van der Waals surface area contributed by atoms with E-state index in [4.69, 9.17) is 33.2 Å². The van der Waals surface area contributed by atoms with E-state index in [1.807, 2.05) is 7.11 Å². The number of hydrogen-bond acceptors (Lipinski definition) is 11. The van der Waals surface area contributed by atoms with Crippen molar-refractivity contribution in [3.63, 3.8) is 0 Å². The Kier molecular flexibility index (Phi) is 11.2. The predicted octanol–water partition coefficient (Wildman–Crippen LogP) is 6.44. The molecule has 0 amide bonds. The largest absolute Gasteiger partial charge is 0.462 e. The molecule has 7 aliphatic rings. The van der Waals surface area contributed by atoms with Crippen molar-refractivity contribution >= 4 is 11.9 Å². The monoisotopic (exact) mass is 777 g/mol. The fraction of sp³-hybridized carbons (Fsp3) is 0.955. The summed E-state index contributed by atoms with van der Waals surface area (Å²) in [5.74, 6) is 1.96. The highest BCUT2D eigenvalue weighted by molar-refractivity contribution is 5.76. The van der Waals surface area contributed by atoms with Gasteiger partial charge in [0.05, 0.1) is 35.7 Å². The van der Waals surface area contributed by atoms with Crippen molar-refractivity contribution in [1.29, 1.82) is 0 Å². The van der Waals surface area contributed by atoms with Gasteiger partial charge >= 0.3 is 11.9 Å². The molecule has 55 heavy (non-hydrogen) atoms. The Balaban J connectivity index is 1.05. The van der Waals surface area contributed by atoms with Crippen LogP contribution in [0.25, 0.3) is 0 Å². The second-order valence-electron chi connectivity index (χ2n) is 21.5. The quantitative estimate of drug-likeness (QED) is 0.228. The van der Waals surface area contributed by atoms with Gasteiger partial charge in [0.2, 0.25) is 0 Å². The highest BCUT2D eigenvalue weighted by atomic mass is 16.7. The van der Waals surface area contributed by atoms with Crippen LogP contribution in [0, 0.1) is 63.1 Å². The molecular weight excluding hydrogens is 704 g/mol. The summed E-state index contributed by atoms with van der Waals surface area (Å²) in [5, 5.41) is 22.8. The highest BCUT2D eigenvalue weighted by Crippen LogP contribution is 2.72. The molecule has 7 fully saturated rings. The summed E-state index contributed by atoms with van der Waals surface area (Å²) >= 11 is 0. The SMILES string of the molecule is CO[C@H]1C[C@H]2[C@@H](CC[C@H]3C[C@@H](O[C@@H]4O[C@H](COC(=O)C(C)(C)C)[C@@H](O)[C@H](OC(=O)C(C)(C)C)[C@H]4O)CC[C@@]32C)[C@@H]2C[C@@H]3O[C@]4(CC[C@@H](C)CO4)[C@@H](C)[C@@H]3[C@@]12C. The highest BCUT2D eigenvalue weighted by Gasteiger charge is 2.72. The number of ether oxygens (including phenoxy) is 7. The molecule has 4 saturated carbocycles. The number of aliphatic hydroxyl groups is 2. The molecule has 3 saturated heterocycles. The smallest absolute Gasteiger partial charge is 0.311 e. The molecule has 0 aromatic carbocycles. The molecule has 7 rings (SSSR count). The van der Waals surface area contributed by atoms with Gasteiger partial charge in [0.15, 0.2) is 18.2 Å². The third-order valence-electron chi connectivity index (χ3n) is 16.1. The average Bonchev–Trinajstić information content (AvgIpc) is 3.56. The third kappa shape index (κ3) is 7.13. The van der Waals surface area contributed by atoms with Crippen molar-refractivity contribution < 1.29 is 53.0 Å². The van der Waals surface area contributed by atoms with E-state index < -0.39 is 59.3 Å². The minimum Gasteiger partial charge on any atom is -0.462 e. The number of aliphatic hydroxyl groups excluding tert-OH is 2. The molecule has 18 atom stereocenters. The van der Waals surface area contributed by atoms with Crippen LogP contribution in [0.4, 0.5) is 0 Å². The summed E-state index contributed by atoms with van der Waals surface area (Å²) in [6.07, 6.45) is 2.94. The summed E-state index contributed by atoms with van der Waals surface area (Å²) in [6.45, 7) is 20.6. The second-order valence-corrected chi connectivity index (χ2v) is 21.5. The summed E-state index contributed by atoms with van der Waals surface area (Å²) in [6, 6.07) is 0. The van der Waals surface area contributed by atoms with Gasteiger partial charge in [0, 0.05) is 30.8 Å². The number of methoxy groups -OCH3 is 1. The molecule has 2 N–H and O–H groups in total. The summed E-state index contributed by atoms with van der Waals surface area (Å²) < 4.78 is 44.2. The molecule has 0 unspecified atom stereocenters. The first-order chi connectivity index (χ1) is 25.6. The normalized spacial score (nSPS) is 49.7. The Labute approximate surface area is 329 Å². The number of fused-ring (bicyclic) bond motifs is 7. The maximum Gasteiger partial charge on any atom is 0.311 e. The van der Waals surface area contributed by atoms with Crippen LogP contribution in [0.5, 0.6) is 0 Å². The molecule has 3 aliphatic heterocycles. The lowest BCUT2D eigenvalue weighted by atomic mass is 9.43. The molecule has 11 heteroatoms. The van der Waals surface area contributed by atoms with E-state index in [1.165, 1.54) is 6.42 Å².